The van der Waals surface area contributed by atoms with E-state index in [1.807, 2.05) is 37.3 Å². The van der Waals surface area contributed by atoms with E-state index in [0.717, 1.165) is 32.8 Å². The van der Waals surface area contributed by atoms with E-state index in [0.29, 0.717) is 11.6 Å². The summed E-state index contributed by atoms with van der Waals surface area (Å²) in [4.78, 5) is 9.72. The molecule has 0 fully saturated rings. The summed E-state index contributed by atoms with van der Waals surface area (Å²) >= 11 is 1.58. The molecule has 0 bridgehead atoms. The Morgan fingerprint density at radius 3 is 2.62 bits per heavy atom. The number of nitrogens with zero attached hydrogens (tertiary/aromatic N) is 4. The third-order valence-electron chi connectivity index (χ3n) is 3.81. The number of ether oxygens (including phenoxy) is 1. The van der Waals surface area contributed by atoms with E-state index in [9.17, 15) is 0 Å². The number of aryl methyl sites for hydroxylation is 1. The maximum absolute atomic E-state index is 6.09. The van der Waals surface area contributed by atoms with Gasteiger partial charge in [-0.3, -0.25) is 0 Å². The molecular formula is C17H15N5OS. The maximum Gasteiger partial charge on any atom is 0.168 e. The molecular weight excluding hydrogens is 322 g/mol. The molecule has 2 N–H and O–H groups in total. The highest BCUT2D eigenvalue weighted by molar-refractivity contribution is 7.17. The summed E-state index contributed by atoms with van der Waals surface area (Å²) in [6.07, 6.45) is 1.54. The van der Waals surface area contributed by atoms with Crippen LogP contribution in [0.1, 0.15) is 5.69 Å². The van der Waals surface area contributed by atoms with Crippen molar-refractivity contribution in [3.63, 3.8) is 0 Å². The minimum atomic E-state index is 0.555. The van der Waals surface area contributed by atoms with Gasteiger partial charge in [-0.05, 0) is 24.6 Å². The molecule has 120 valence electrons. The highest BCUT2D eigenvalue weighted by Crippen LogP contribution is 2.36. The Balaban J connectivity index is 1.96. The van der Waals surface area contributed by atoms with Crippen LogP contribution in [0, 0.1) is 6.92 Å². The zero-order valence-corrected chi connectivity index (χ0v) is 14.0. The number of hydrogen-bond donors (Lipinski definition) is 1. The van der Waals surface area contributed by atoms with Crippen molar-refractivity contribution in [2.75, 3.05) is 12.8 Å². The predicted molar refractivity (Wildman–Crippen MR) is 95.7 cm³/mol. The summed E-state index contributed by atoms with van der Waals surface area (Å²) in [6, 6.07) is 9.75. The van der Waals surface area contributed by atoms with E-state index in [1.165, 1.54) is 0 Å². The third-order valence-corrected chi connectivity index (χ3v) is 4.70. The zero-order chi connectivity index (χ0) is 16.7. The Morgan fingerprint density at radius 2 is 1.96 bits per heavy atom. The van der Waals surface area contributed by atoms with Gasteiger partial charge < -0.3 is 10.5 Å². The van der Waals surface area contributed by atoms with Gasteiger partial charge in [-0.2, -0.15) is 9.78 Å². The molecule has 0 amide bonds. The van der Waals surface area contributed by atoms with E-state index in [4.69, 9.17) is 10.5 Å². The molecule has 3 aromatic heterocycles. The van der Waals surface area contributed by atoms with Gasteiger partial charge in [0.05, 0.1) is 18.2 Å². The normalized spacial score (nSPS) is 11.1. The molecule has 0 unspecified atom stereocenters. The molecule has 6 nitrogen and oxygen atoms in total. The molecule has 0 atom stereocenters. The Bertz CT molecular complexity index is 1020. The fourth-order valence-electron chi connectivity index (χ4n) is 2.69. The van der Waals surface area contributed by atoms with Gasteiger partial charge in [-0.1, -0.05) is 12.1 Å². The summed E-state index contributed by atoms with van der Waals surface area (Å²) in [5.74, 6) is 2.07. The number of benzene rings is 1. The lowest BCUT2D eigenvalue weighted by atomic mass is 10.1. The van der Waals surface area contributed by atoms with Crippen LogP contribution in [0.4, 0.5) is 5.82 Å². The molecule has 0 saturated carbocycles. The summed E-state index contributed by atoms with van der Waals surface area (Å²) < 4.78 is 6.90. The number of thiophene rings is 1. The van der Waals surface area contributed by atoms with Crippen molar-refractivity contribution >= 4 is 27.4 Å². The monoisotopic (exact) mass is 337 g/mol. The summed E-state index contributed by atoms with van der Waals surface area (Å²) in [6.45, 7) is 1.91. The van der Waals surface area contributed by atoms with Crippen molar-refractivity contribution in [3.8, 4) is 22.7 Å². The first-order chi connectivity index (χ1) is 11.7. The third kappa shape index (κ3) is 2.30. The van der Waals surface area contributed by atoms with Crippen molar-refractivity contribution in [1.82, 2.24) is 19.7 Å². The van der Waals surface area contributed by atoms with Gasteiger partial charge in [0, 0.05) is 17.0 Å². The van der Waals surface area contributed by atoms with Crippen LogP contribution in [-0.4, -0.2) is 26.9 Å². The number of methoxy groups -OCH3 is 1. The Kier molecular flexibility index (Phi) is 3.42. The van der Waals surface area contributed by atoms with E-state index in [2.05, 4.69) is 20.4 Å². The Labute approximate surface area is 142 Å². The van der Waals surface area contributed by atoms with Crippen LogP contribution in [0.25, 0.3) is 27.2 Å². The average Bonchev–Trinajstić information content (AvgIpc) is 3.17. The molecule has 0 radical (unpaired) electrons. The minimum Gasteiger partial charge on any atom is -0.497 e. The molecule has 4 rings (SSSR count). The van der Waals surface area contributed by atoms with Crippen molar-refractivity contribution in [2.24, 2.45) is 0 Å². The summed E-state index contributed by atoms with van der Waals surface area (Å²) in [7, 11) is 1.66. The number of anilines is 1. The number of rotatable bonds is 3. The SMILES string of the molecule is COc1ccc(-c2csc3ncnc(-n4nc(C)cc4N)c23)cc1. The second-order valence-electron chi connectivity index (χ2n) is 5.38. The minimum absolute atomic E-state index is 0.555. The van der Waals surface area contributed by atoms with Crippen LogP contribution in [0.5, 0.6) is 5.75 Å². The van der Waals surface area contributed by atoms with Crippen LogP contribution >= 0.6 is 11.3 Å². The van der Waals surface area contributed by atoms with Crippen LogP contribution < -0.4 is 10.5 Å². The summed E-state index contributed by atoms with van der Waals surface area (Å²) in [5, 5.41) is 7.49. The topological polar surface area (TPSA) is 78.9 Å². The fourth-order valence-corrected chi connectivity index (χ4v) is 3.60. The van der Waals surface area contributed by atoms with E-state index in [1.54, 1.807) is 29.5 Å². The molecule has 0 aliphatic heterocycles. The highest BCUT2D eigenvalue weighted by atomic mass is 32.1. The second kappa shape index (κ2) is 5.61. The van der Waals surface area contributed by atoms with E-state index < -0.39 is 0 Å². The molecule has 1 aromatic carbocycles. The van der Waals surface area contributed by atoms with Crippen molar-refractivity contribution in [3.05, 3.63) is 47.7 Å². The molecule has 0 spiro atoms. The molecule has 24 heavy (non-hydrogen) atoms. The van der Waals surface area contributed by atoms with Gasteiger partial charge in [0.2, 0.25) is 0 Å². The standard InChI is InChI=1S/C17H15N5OS/c1-10-7-14(18)22(21-10)16-15-13(8-24-17(15)20-9-19-16)11-3-5-12(23-2)6-4-11/h3-9H,18H2,1-2H3. The van der Waals surface area contributed by atoms with E-state index in [-0.39, 0.29) is 0 Å². The first-order valence-electron chi connectivity index (χ1n) is 7.36. The van der Waals surface area contributed by atoms with Crippen molar-refractivity contribution < 1.29 is 4.74 Å². The van der Waals surface area contributed by atoms with E-state index >= 15 is 0 Å². The van der Waals surface area contributed by atoms with Gasteiger partial charge in [-0.15, -0.1) is 11.3 Å². The van der Waals surface area contributed by atoms with Gasteiger partial charge in [0.25, 0.3) is 0 Å². The molecule has 7 heteroatoms. The second-order valence-corrected chi connectivity index (χ2v) is 6.24. The first-order valence-corrected chi connectivity index (χ1v) is 8.24. The summed E-state index contributed by atoms with van der Waals surface area (Å²) in [5.41, 5.74) is 9.06. The zero-order valence-electron chi connectivity index (χ0n) is 13.2. The highest BCUT2D eigenvalue weighted by Gasteiger charge is 2.16. The van der Waals surface area contributed by atoms with Gasteiger partial charge in [0.1, 0.15) is 22.7 Å². The largest absolute Gasteiger partial charge is 0.497 e. The molecule has 4 aromatic rings. The Hall–Kier alpha value is -2.93. The Morgan fingerprint density at radius 1 is 1.17 bits per heavy atom. The van der Waals surface area contributed by atoms with Crippen LogP contribution in [-0.2, 0) is 0 Å². The molecule has 3 heterocycles. The van der Waals surface area contributed by atoms with Crippen LogP contribution in [0.2, 0.25) is 0 Å². The smallest absolute Gasteiger partial charge is 0.168 e. The number of fused-ring (bicyclic) bond motifs is 1. The van der Waals surface area contributed by atoms with Gasteiger partial charge in [-0.25, -0.2) is 9.97 Å². The lowest BCUT2D eigenvalue weighted by molar-refractivity contribution is 0.415. The maximum atomic E-state index is 6.09. The lowest BCUT2D eigenvalue weighted by Crippen LogP contribution is -2.05. The molecule has 0 aliphatic rings. The van der Waals surface area contributed by atoms with Crippen LogP contribution in [0.3, 0.4) is 0 Å². The van der Waals surface area contributed by atoms with Crippen molar-refractivity contribution in [2.45, 2.75) is 6.92 Å². The number of hydrogen-bond acceptors (Lipinski definition) is 6. The molecule has 0 aliphatic carbocycles. The lowest BCUT2D eigenvalue weighted by Gasteiger charge is -2.07. The number of nitrogen functional groups attached to an aromatic ring is 1. The number of aromatic nitrogens is 4. The van der Waals surface area contributed by atoms with Gasteiger partial charge >= 0.3 is 0 Å². The number of nitrogens with two attached hydrogens (primary N) is 1. The quantitative estimate of drug-likeness (QED) is 0.619. The predicted octanol–water partition coefficient (Wildman–Crippen LogP) is 3.44. The first kappa shape index (κ1) is 14.6. The molecule has 0 saturated heterocycles. The fraction of sp³-hybridized carbons (Fsp3) is 0.118. The van der Waals surface area contributed by atoms with Crippen molar-refractivity contribution in [1.29, 1.82) is 0 Å². The van der Waals surface area contributed by atoms with Crippen LogP contribution in [0.15, 0.2) is 42.0 Å². The van der Waals surface area contributed by atoms with Gasteiger partial charge in [0.15, 0.2) is 5.82 Å². The average molecular weight is 337 g/mol.